The average Bonchev–Trinajstić information content (AvgIpc) is 2.30. The van der Waals surface area contributed by atoms with E-state index in [1.54, 1.807) is 7.11 Å². The van der Waals surface area contributed by atoms with E-state index in [4.69, 9.17) is 10.6 Å². The topological polar surface area (TPSA) is 47.3 Å². The number of nitrogens with one attached hydrogen (secondary N) is 1. The maximum atomic E-state index is 5.61. The maximum Gasteiger partial charge on any atom is 0.123 e. The summed E-state index contributed by atoms with van der Waals surface area (Å²) in [5, 5.41) is 0. The molecule has 1 unspecified atom stereocenters. The third-order valence-corrected chi connectivity index (χ3v) is 2.81. The van der Waals surface area contributed by atoms with Crippen molar-refractivity contribution in [3.63, 3.8) is 0 Å². The van der Waals surface area contributed by atoms with Gasteiger partial charge in [0.15, 0.2) is 0 Å². The van der Waals surface area contributed by atoms with Crippen LogP contribution in [0.25, 0.3) is 0 Å². The quantitative estimate of drug-likeness (QED) is 0.574. The molecule has 0 amide bonds. The molecule has 1 atom stereocenters. The van der Waals surface area contributed by atoms with Crippen molar-refractivity contribution in [2.45, 2.75) is 39.2 Å². The minimum Gasteiger partial charge on any atom is -0.496 e. The van der Waals surface area contributed by atoms with Crippen molar-refractivity contribution >= 4 is 0 Å². The highest BCUT2D eigenvalue weighted by molar-refractivity contribution is 5.39. The number of aryl methyl sites for hydroxylation is 1. The summed E-state index contributed by atoms with van der Waals surface area (Å²) >= 11 is 0. The molecular formula is C13H22N2O. The van der Waals surface area contributed by atoms with Gasteiger partial charge in [0.05, 0.1) is 7.11 Å². The normalized spacial score (nSPS) is 12.5. The summed E-state index contributed by atoms with van der Waals surface area (Å²) in [6, 6.07) is 6.37. The Kier molecular flexibility index (Phi) is 5.29. The van der Waals surface area contributed by atoms with Gasteiger partial charge in [-0.2, -0.15) is 0 Å². The average molecular weight is 222 g/mol. The van der Waals surface area contributed by atoms with Crippen LogP contribution in [0.4, 0.5) is 0 Å². The first-order valence-electron chi connectivity index (χ1n) is 5.83. The van der Waals surface area contributed by atoms with E-state index in [0.717, 1.165) is 24.2 Å². The number of benzene rings is 1. The van der Waals surface area contributed by atoms with E-state index in [9.17, 15) is 0 Å². The molecule has 16 heavy (non-hydrogen) atoms. The van der Waals surface area contributed by atoms with E-state index < -0.39 is 0 Å². The zero-order valence-corrected chi connectivity index (χ0v) is 10.4. The minimum atomic E-state index is 0.176. The van der Waals surface area contributed by atoms with Gasteiger partial charge < -0.3 is 4.74 Å². The molecule has 3 heteroatoms. The monoisotopic (exact) mass is 222 g/mol. The Morgan fingerprint density at radius 3 is 2.75 bits per heavy atom. The molecule has 0 heterocycles. The van der Waals surface area contributed by atoms with Gasteiger partial charge in [0, 0.05) is 11.6 Å². The molecule has 3 N–H and O–H groups in total. The fraction of sp³-hybridized carbons (Fsp3) is 0.538. The first kappa shape index (κ1) is 13.0. The number of rotatable bonds is 6. The molecular weight excluding hydrogens is 200 g/mol. The van der Waals surface area contributed by atoms with Crippen LogP contribution in [0.2, 0.25) is 0 Å². The Morgan fingerprint density at radius 1 is 1.44 bits per heavy atom. The summed E-state index contributed by atoms with van der Waals surface area (Å²) in [6.45, 7) is 4.26. The molecule has 0 aliphatic carbocycles. The van der Waals surface area contributed by atoms with Crippen LogP contribution in [-0.4, -0.2) is 7.11 Å². The zero-order chi connectivity index (χ0) is 12.0. The largest absolute Gasteiger partial charge is 0.496 e. The third kappa shape index (κ3) is 3.22. The van der Waals surface area contributed by atoms with E-state index in [1.165, 1.54) is 12.0 Å². The van der Waals surface area contributed by atoms with Crippen molar-refractivity contribution < 1.29 is 4.74 Å². The first-order chi connectivity index (χ1) is 7.72. The number of hydrogen-bond donors (Lipinski definition) is 2. The van der Waals surface area contributed by atoms with E-state index in [0.29, 0.717) is 0 Å². The van der Waals surface area contributed by atoms with Gasteiger partial charge in [-0.05, 0) is 19.4 Å². The predicted octanol–water partition coefficient (Wildman–Crippen LogP) is 2.70. The fourth-order valence-electron chi connectivity index (χ4n) is 1.86. The molecule has 0 spiro atoms. The Balaban J connectivity index is 2.92. The predicted molar refractivity (Wildman–Crippen MR) is 67.3 cm³/mol. The maximum absolute atomic E-state index is 5.61. The lowest BCUT2D eigenvalue weighted by Gasteiger charge is -2.19. The summed E-state index contributed by atoms with van der Waals surface area (Å²) < 4.78 is 5.37. The van der Waals surface area contributed by atoms with E-state index in [1.807, 2.05) is 6.07 Å². The van der Waals surface area contributed by atoms with Crippen LogP contribution in [0.3, 0.4) is 0 Å². The van der Waals surface area contributed by atoms with Crippen LogP contribution in [0.5, 0.6) is 5.75 Å². The summed E-state index contributed by atoms with van der Waals surface area (Å²) in [4.78, 5) is 0. The standard InChI is InChI=1S/C13H22N2O/c1-4-5-6-12(15-14)11-9-10(2)7-8-13(11)16-3/h7-9,12,15H,4-6,14H2,1-3H3. The van der Waals surface area contributed by atoms with Gasteiger partial charge >= 0.3 is 0 Å². The number of hydrogen-bond acceptors (Lipinski definition) is 3. The summed E-state index contributed by atoms with van der Waals surface area (Å²) in [5.74, 6) is 6.52. The van der Waals surface area contributed by atoms with Crippen LogP contribution in [0.15, 0.2) is 18.2 Å². The van der Waals surface area contributed by atoms with E-state index in [2.05, 4.69) is 31.4 Å². The molecule has 0 fully saturated rings. The molecule has 0 bridgehead atoms. The molecule has 0 aliphatic heterocycles. The zero-order valence-electron chi connectivity index (χ0n) is 10.4. The van der Waals surface area contributed by atoms with Gasteiger partial charge in [-0.3, -0.25) is 11.3 Å². The fourth-order valence-corrected chi connectivity index (χ4v) is 1.86. The van der Waals surface area contributed by atoms with Crippen molar-refractivity contribution in [3.8, 4) is 5.75 Å². The number of methoxy groups -OCH3 is 1. The summed E-state index contributed by atoms with van der Waals surface area (Å²) in [5.41, 5.74) is 5.26. The van der Waals surface area contributed by atoms with Crippen molar-refractivity contribution in [1.82, 2.24) is 5.43 Å². The van der Waals surface area contributed by atoms with Gasteiger partial charge in [0.2, 0.25) is 0 Å². The van der Waals surface area contributed by atoms with Crippen molar-refractivity contribution in [2.75, 3.05) is 7.11 Å². The second-order valence-electron chi connectivity index (χ2n) is 4.11. The molecule has 1 rings (SSSR count). The molecule has 0 radical (unpaired) electrons. The van der Waals surface area contributed by atoms with Crippen LogP contribution < -0.4 is 16.0 Å². The van der Waals surface area contributed by atoms with Gasteiger partial charge in [-0.15, -0.1) is 0 Å². The van der Waals surface area contributed by atoms with Gasteiger partial charge in [-0.25, -0.2) is 0 Å². The van der Waals surface area contributed by atoms with E-state index in [-0.39, 0.29) is 6.04 Å². The highest BCUT2D eigenvalue weighted by Gasteiger charge is 2.14. The molecule has 0 aromatic heterocycles. The molecule has 1 aromatic carbocycles. The highest BCUT2D eigenvalue weighted by Crippen LogP contribution is 2.28. The molecule has 0 saturated carbocycles. The molecule has 0 aliphatic rings. The third-order valence-electron chi connectivity index (χ3n) is 2.81. The smallest absolute Gasteiger partial charge is 0.123 e. The number of hydrazine groups is 1. The highest BCUT2D eigenvalue weighted by atomic mass is 16.5. The Hall–Kier alpha value is -1.06. The molecule has 0 saturated heterocycles. The SMILES string of the molecule is CCCCC(NN)c1cc(C)ccc1OC. The minimum absolute atomic E-state index is 0.176. The second kappa shape index (κ2) is 6.51. The molecule has 1 aromatic rings. The lowest BCUT2D eigenvalue weighted by Crippen LogP contribution is -2.28. The van der Waals surface area contributed by atoms with Crippen LogP contribution in [-0.2, 0) is 0 Å². The second-order valence-corrected chi connectivity index (χ2v) is 4.11. The first-order valence-corrected chi connectivity index (χ1v) is 5.83. The summed E-state index contributed by atoms with van der Waals surface area (Å²) in [7, 11) is 1.70. The lowest BCUT2D eigenvalue weighted by molar-refractivity contribution is 0.394. The molecule has 90 valence electrons. The van der Waals surface area contributed by atoms with Gasteiger partial charge in [-0.1, -0.05) is 37.5 Å². The van der Waals surface area contributed by atoms with Gasteiger partial charge in [0.25, 0.3) is 0 Å². The number of ether oxygens (including phenoxy) is 1. The summed E-state index contributed by atoms with van der Waals surface area (Å²) in [6.07, 6.45) is 3.37. The van der Waals surface area contributed by atoms with E-state index >= 15 is 0 Å². The Bertz CT molecular complexity index is 326. The molecule has 3 nitrogen and oxygen atoms in total. The number of nitrogens with two attached hydrogens (primary N) is 1. The number of unbranched alkanes of at least 4 members (excludes halogenated alkanes) is 1. The van der Waals surface area contributed by atoms with Crippen molar-refractivity contribution in [2.24, 2.45) is 5.84 Å². The van der Waals surface area contributed by atoms with Gasteiger partial charge in [0.1, 0.15) is 5.75 Å². The van der Waals surface area contributed by atoms with Crippen LogP contribution in [0.1, 0.15) is 43.4 Å². The van der Waals surface area contributed by atoms with Crippen molar-refractivity contribution in [3.05, 3.63) is 29.3 Å². The Labute approximate surface area is 98.0 Å². The lowest BCUT2D eigenvalue weighted by atomic mass is 9.99. The van der Waals surface area contributed by atoms with Crippen molar-refractivity contribution in [1.29, 1.82) is 0 Å². The van der Waals surface area contributed by atoms with Crippen LogP contribution in [0, 0.1) is 6.92 Å². The Morgan fingerprint density at radius 2 is 2.19 bits per heavy atom. The van der Waals surface area contributed by atoms with Crippen LogP contribution >= 0.6 is 0 Å².